The molecule has 3 aromatic rings. The number of aromatic amines is 1. The second-order valence-electron chi connectivity index (χ2n) is 5.70. The number of nitrogens with zero attached hydrogens (tertiary/aromatic N) is 1. The highest BCUT2D eigenvalue weighted by molar-refractivity contribution is 5.92. The number of aryl methyl sites for hydroxylation is 2. The Labute approximate surface area is 138 Å². The minimum atomic E-state index is -0.444. The van der Waals surface area contributed by atoms with Crippen LogP contribution in [0.25, 0.3) is 11.0 Å². The number of anilines is 1. The number of para-hydroxylation sites is 1. The standard InChI is InChI=1S/C18H19N3O3/c1-11-9-14-15(10-13(11)19)21(18(23)20-14)17(22)8-7-12-5-3-4-6-16(12)24-2/h3-6,9-10H,7-8,19H2,1-2H3,(H,20,23). The Morgan fingerprint density at radius 2 is 2.04 bits per heavy atom. The maximum absolute atomic E-state index is 12.6. The molecule has 0 unspecified atom stereocenters. The third kappa shape index (κ3) is 2.78. The van der Waals surface area contributed by atoms with Crippen molar-refractivity contribution in [2.45, 2.75) is 19.8 Å². The van der Waals surface area contributed by atoms with Crippen LogP contribution in [0.15, 0.2) is 41.2 Å². The molecule has 3 rings (SSSR count). The molecule has 0 radical (unpaired) electrons. The zero-order valence-corrected chi connectivity index (χ0v) is 13.6. The Kier molecular flexibility index (Phi) is 4.12. The number of H-pyrrole nitrogens is 1. The van der Waals surface area contributed by atoms with Crippen molar-refractivity contribution >= 4 is 22.6 Å². The van der Waals surface area contributed by atoms with Crippen LogP contribution in [0.1, 0.15) is 22.3 Å². The summed E-state index contributed by atoms with van der Waals surface area (Å²) in [6.45, 7) is 1.86. The molecule has 0 atom stereocenters. The molecule has 6 nitrogen and oxygen atoms in total. The lowest BCUT2D eigenvalue weighted by Gasteiger charge is -2.08. The number of carbonyl (C=O) groups is 1. The fraction of sp³-hybridized carbons (Fsp3) is 0.222. The van der Waals surface area contributed by atoms with E-state index in [1.165, 1.54) is 0 Å². The number of nitrogen functional groups attached to an aromatic ring is 1. The zero-order valence-electron chi connectivity index (χ0n) is 13.6. The molecule has 1 heterocycles. The molecular weight excluding hydrogens is 306 g/mol. The lowest BCUT2D eigenvalue weighted by atomic mass is 10.1. The summed E-state index contributed by atoms with van der Waals surface area (Å²) in [7, 11) is 1.59. The quantitative estimate of drug-likeness (QED) is 0.721. The smallest absolute Gasteiger partial charge is 0.333 e. The lowest BCUT2D eigenvalue weighted by molar-refractivity contribution is 0.0904. The van der Waals surface area contributed by atoms with Crippen LogP contribution >= 0.6 is 0 Å². The third-order valence-electron chi connectivity index (χ3n) is 4.12. The summed E-state index contributed by atoms with van der Waals surface area (Å²) in [5.74, 6) is 0.455. The van der Waals surface area contributed by atoms with Gasteiger partial charge in [0.15, 0.2) is 0 Å². The van der Waals surface area contributed by atoms with Crippen molar-refractivity contribution < 1.29 is 9.53 Å². The molecule has 1 aromatic heterocycles. The number of hydrogen-bond donors (Lipinski definition) is 2. The van der Waals surface area contributed by atoms with E-state index in [4.69, 9.17) is 10.5 Å². The van der Waals surface area contributed by atoms with E-state index >= 15 is 0 Å². The number of ether oxygens (including phenoxy) is 1. The summed E-state index contributed by atoms with van der Waals surface area (Å²) in [6, 6.07) is 11.0. The molecule has 0 saturated heterocycles. The molecule has 0 fully saturated rings. The Morgan fingerprint density at radius 3 is 2.79 bits per heavy atom. The third-order valence-corrected chi connectivity index (χ3v) is 4.12. The Hall–Kier alpha value is -3.02. The van der Waals surface area contributed by atoms with Gasteiger partial charge in [-0.1, -0.05) is 18.2 Å². The van der Waals surface area contributed by atoms with E-state index in [0.29, 0.717) is 23.1 Å². The number of imidazole rings is 1. The van der Waals surface area contributed by atoms with E-state index in [1.807, 2.05) is 31.2 Å². The lowest BCUT2D eigenvalue weighted by Crippen LogP contribution is -2.24. The van der Waals surface area contributed by atoms with E-state index in [0.717, 1.165) is 21.4 Å². The van der Waals surface area contributed by atoms with Gasteiger partial charge in [-0.2, -0.15) is 0 Å². The average molecular weight is 325 g/mol. The maximum atomic E-state index is 12.6. The number of methoxy groups -OCH3 is 1. The van der Waals surface area contributed by atoms with Crippen molar-refractivity contribution in [1.82, 2.24) is 9.55 Å². The largest absolute Gasteiger partial charge is 0.496 e. The molecular formula is C18H19N3O3. The fourth-order valence-corrected chi connectivity index (χ4v) is 2.79. The van der Waals surface area contributed by atoms with E-state index in [9.17, 15) is 9.59 Å². The highest BCUT2D eigenvalue weighted by Gasteiger charge is 2.15. The molecule has 24 heavy (non-hydrogen) atoms. The van der Waals surface area contributed by atoms with Crippen molar-refractivity contribution in [1.29, 1.82) is 0 Å². The Bertz CT molecular complexity index is 969. The minimum Gasteiger partial charge on any atom is -0.496 e. The maximum Gasteiger partial charge on any atom is 0.333 e. The van der Waals surface area contributed by atoms with Gasteiger partial charge >= 0.3 is 5.69 Å². The van der Waals surface area contributed by atoms with Gasteiger partial charge in [0.25, 0.3) is 0 Å². The molecule has 0 amide bonds. The number of carbonyl (C=O) groups excluding carboxylic acids is 1. The molecule has 0 aliphatic heterocycles. The number of aromatic nitrogens is 2. The van der Waals surface area contributed by atoms with Crippen LogP contribution in [0.2, 0.25) is 0 Å². The average Bonchev–Trinajstić information content (AvgIpc) is 2.88. The van der Waals surface area contributed by atoms with Gasteiger partial charge in [-0.3, -0.25) is 4.79 Å². The van der Waals surface area contributed by atoms with Gasteiger partial charge in [0.05, 0.1) is 18.1 Å². The van der Waals surface area contributed by atoms with Crippen molar-refractivity contribution in [2.24, 2.45) is 0 Å². The minimum absolute atomic E-state index is 0.195. The second kappa shape index (κ2) is 6.23. The number of nitrogens with two attached hydrogens (primary N) is 1. The van der Waals surface area contributed by atoms with Crippen molar-refractivity contribution in [3.8, 4) is 5.75 Å². The molecule has 0 aliphatic carbocycles. The monoisotopic (exact) mass is 325 g/mol. The zero-order chi connectivity index (χ0) is 17.3. The summed E-state index contributed by atoms with van der Waals surface area (Å²) < 4.78 is 6.44. The predicted molar refractivity (Wildman–Crippen MR) is 93.6 cm³/mol. The summed E-state index contributed by atoms with van der Waals surface area (Å²) in [4.78, 5) is 27.4. The van der Waals surface area contributed by atoms with Crippen molar-refractivity contribution in [3.05, 3.63) is 58.0 Å². The highest BCUT2D eigenvalue weighted by atomic mass is 16.5. The predicted octanol–water partition coefficient (Wildman–Crippen LogP) is 2.50. The molecule has 2 aromatic carbocycles. The topological polar surface area (TPSA) is 90.1 Å². The van der Waals surface area contributed by atoms with Crippen LogP contribution in [0, 0.1) is 6.92 Å². The van der Waals surface area contributed by atoms with Crippen LogP contribution in [0.4, 0.5) is 5.69 Å². The Balaban J connectivity index is 1.90. The normalized spacial score (nSPS) is 10.9. The van der Waals surface area contributed by atoms with Crippen LogP contribution in [0.5, 0.6) is 5.75 Å². The molecule has 0 aliphatic rings. The first kappa shape index (κ1) is 15.9. The fourth-order valence-electron chi connectivity index (χ4n) is 2.79. The van der Waals surface area contributed by atoms with Gasteiger partial charge in [0.1, 0.15) is 5.75 Å². The van der Waals surface area contributed by atoms with E-state index < -0.39 is 5.69 Å². The number of benzene rings is 2. The number of fused-ring (bicyclic) bond motifs is 1. The first-order valence-electron chi connectivity index (χ1n) is 7.67. The Morgan fingerprint density at radius 1 is 1.29 bits per heavy atom. The molecule has 124 valence electrons. The van der Waals surface area contributed by atoms with E-state index in [1.54, 1.807) is 19.2 Å². The van der Waals surface area contributed by atoms with Crippen LogP contribution in [-0.2, 0) is 6.42 Å². The number of nitrogens with one attached hydrogen (secondary N) is 1. The molecule has 6 heteroatoms. The van der Waals surface area contributed by atoms with Crippen LogP contribution in [-0.4, -0.2) is 22.6 Å². The molecule has 0 saturated carbocycles. The van der Waals surface area contributed by atoms with Crippen LogP contribution < -0.4 is 16.2 Å². The first-order chi connectivity index (χ1) is 11.5. The van der Waals surface area contributed by atoms with E-state index in [2.05, 4.69) is 4.98 Å². The SMILES string of the molecule is COc1ccccc1CCC(=O)n1c(=O)[nH]c2cc(C)c(N)cc21. The first-order valence-corrected chi connectivity index (χ1v) is 7.67. The molecule has 0 spiro atoms. The van der Waals surface area contributed by atoms with Gasteiger partial charge in [-0.05, 0) is 42.7 Å². The van der Waals surface area contributed by atoms with E-state index in [-0.39, 0.29) is 12.3 Å². The molecule has 0 bridgehead atoms. The molecule has 3 N–H and O–H groups in total. The van der Waals surface area contributed by atoms with Gasteiger partial charge in [-0.15, -0.1) is 0 Å². The van der Waals surface area contributed by atoms with Gasteiger partial charge in [0.2, 0.25) is 5.91 Å². The van der Waals surface area contributed by atoms with Gasteiger partial charge in [-0.25, -0.2) is 9.36 Å². The summed E-state index contributed by atoms with van der Waals surface area (Å²) in [6.07, 6.45) is 0.685. The van der Waals surface area contributed by atoms with Crippen molar-refractivity contribution in [3.63, 3.8) is 0 Å². The van der Waals surface area contributed by atoms with Gasteiger partial charge < -0.3 is 15.5 Å². The summed E-state index contributed by atoms with van der Waals surface area (Å²) in [5, 5.41) is 0. The highest BCUT2D eigenvalue weighted by Crippen LogP contribution is 2.21. The summed E-state index contributed by atoms with van der Waals surface area (Å²) in [5.41, 5.74) is 8.92. The number of hydrogen-bond acceptors (Lipinski definition) is 4. The van der Waals surface area contributed by atoms with Crippen molar-refractivity contribution in [2.75, 3.05) is 12.8 Å². The van der Waals surface area contributed by atoms with Crippen LogP contribution in [0.3, 0.4) is 0 Å². The number of rotatable bonds is 4. The second-order valence-corrected chi connectivity index (χ2v) is 5.70. The van der Waals surface area contributed by atoms with Gasteiger partial charge in [0, 0.05) is 12.1 Å². The summed E-state index contributed by atoms with van der Waals surface area (Å²) >= 11 is 0.